The fourth-order valence-corrected chi connectivity index (χ4v) is 1.94. The molecule has 3 nitrogen and oxygen atoms in total. The SMILES string of the molecule is COc1cccc(C(=O)Nc2c(F)c(F)c(C(F)(F)F)c(F)c2F)c1. The number of hydrogen-bond acceptors (Lipinski definition) is 2. The van der Waals surface area contributed by atoms with Gasteiger partial charge < -0.3 is 10.1 Å². The predicted octanol–water partition coefficient (Wildman–Crippen LogP) is 4.52. The first-order valence-corrected chi connectivity index (χ1v) is 6.46. The monoisotopic (exact) mass is 367 g/mol. The fraction of sp³-hybridized carbons (Fsp3) is 0.133. The Morgan fingerprint density at radius 3 is 2.04 bits per heavy atom. The van der Waals surface area contributed by atoms with Crippen molar-refractivity contribution in [3.05, 3.63) is 58.7 Å². The van der Waals surface area contributed by atoms with Crippen LogP contribution in [0.3, 0.4) is 0 Å². The molecule has 0 atom stereocenters. The molecule has 0 saturated carbocycles. The van der Waals surface area contributed by atoms with Gasteiger partial charge in [-0.15, -0.1) is 0 Å². The first kappa shape index (κ1) is 18.6. The Morgan fingerprint density at radius 1 is 1.00 bits per heavy atom. The molecule has 25 heavy (non-hydrogen) atoms. The molecule has 0 saturated heterocycles. The summed E-state index contributed by atoms with van der Waals surface area (Å²) in [5.41, 5.74) is -4.60. The molecule has 1 amide bonds. The van der Waals surface area contributed by atoms with Gasteiger partial charge in [-0.3, -0.25) is 4.79 Å². The van der Waals surface area contributed by atoms with E-state index in [1.165, 1.54) is 30.6 Å². The van der Waals surface area contributed by atoms with Crippen LogP contribution in [-0.2, 0) is 6.18 Å². The summed E-state index contributed by atoms with van der Waals surface area (Å²) in [5, 5.41) is 1.51. The lowest BCUT2D eigenvalue weighted by Gasteiger charge is -2.14. The minimum absolute atomic E-state index is 0.193. The van der Waals surface area contributed by atoms with Gasteiger partial charge in [0.1, 0.15) is 17.0 Å². The molecule has 0 radical (unpaired) electrons. The van der Waals surface area contributed by atoms with Crippen molar-refractivity contribution in [3.63, 3.8) is 0 Å². The van der Waals surface area contributed by atoms with Crippen molar-refractivity contribution in [3.8, 4) is 5.75 Å². The highest BCUT2D eigenvalue weighted by Gasteiger charge is 2.42. The largest absolute Gasteiger partial charge is 0.497 e. The van der Waals surface area contributed by atoms with E-state index >= 15 is 0 Å². The van der Waals surface area contributed by atoms with Crippen molar-refractivity contribution in [1.29, 1.82) is 0 Å². The standard InChI is InChI=1S/C15H8F7NO2/c1-25-7-4-2-3-6(5-7)14(24)23-13-11(18)9(16)8(15(20,21)22)10(17)12(13)19/h2-5H,1H3,(H,23,24). The number of carbonyl (C=O) groups is 1. The second-order valence-corrected chi connectivity index (χ2v) is 4.69. The predicted molar refractivity (Wildman–Crippen MR) is 72.2 cm³/mol. The molecule has 0 fully saturated rings. The van der Waals surface area contributed by atoms with Gasteiger partial charge in [-0.1, -0.05) is 6.07 Å². The summed E-state index contributed by atoms with van der Waals surface area (Å²) in [4.78, 5) is 11.9. The molecular weight excluding hydrogens is 359 g/mol. The van der Waals surface area contributed by atoms with Gasteiger partial charge in [-0.2, -0.15) is 13.2 Å². The van der Waals surface area contributed by atoms with E-state index in [0.717, 1.165) is 6.07 Å². The molecule has 0 unspecified atom stereocenters. The van der Waals surface area contributed by atoms with Crippen LogP contribution < -0.4 is 10.1 Å². The first-order chi connectivity index (χ1) is 11.6. The molecule has 134 valence electrons. The molecule has 1 N–H and O–H groups in total. The van der Waals surface area contributed by atoms with Crippen LogP contribution in [0, 0.1) is 23.3 Å². The van der Waals surface area contributed by atoms with Crippen LogP contribution in [0.5, 0.6) is 5.75 Å². The summed E-state index contributed by atoms with van der Waals surface area (Å²) >= 11 is 0. The molecule has 0 heterocycles. The third-order valence-corrected chi connectivity index (χ3v) is 3.12. The van der Waals surface area contributed by atoms with Crippen LogP contribution >= 0.6 is 0 Å². The van der Waals surface area contributed by atoms with E-state index in [9.17, 15) is 35.5 Å². The molecular formula is C15H8F7NO2. The van der Waals surface area contributed by atoms with Crippen molar-refractivity contribution >= 4 is 11.6 Å². The Hall–Kier alpha value is -2.78. The maximum absolute atomic E-state index is 13.7. The highest BCUT2D eigenvalue weighted by Crippen LogP contribution is 2.38. The van der Waals surface area contributed by atoms with E-state index in [0.29, 0.717) is 0 Å². The van der Waals surface area contributed by atoms with E-state index in [2.05, 4.69) is 0 Å². The number of ether oxygens (including phenoxy) is 1. The van der Waals surface area contributed by atoms with E-state index in [-0.39, 0.29) is 11.3 Å². The van der Waals surface area contributed by atoms with Gasteiger partial charge in [-0.25, -0.2) is 17.6 Å². The highest BCUT2D eigenvalue weighted by molar-refractivity contribution is 6.04. The van der Waals surface area contributed by atoms with E-state index < -0.39 is 46.6 Å². The van der Waals surface area contributed by atoms with Crippen LogP contribution in [0.15, 0.2) is 24.3 Å². The van der Waals surface area contributed by atoms with Gasteiger partial charge in [0.05, 0.1) is 7.11 Å². The molecule has 2 aromatic rings. The van der Waals surface area contributed by atoms with Crippen molar-refractivity contribution in [2.24, 2.45) is 0 Å². The lowest BCUT2D eigenvalue weighted by molar-refractivity contribution is -0.143. The highest BCUT2D eigenvalue weighted by atomic mass is 19.4. The minimum atomic E-state index is -5.66. The van der Waals surface area contributed by atoms with Crippen LogP contribution in [0.25, 0.3) is 0 Å². The number of nitrogens with one attached hydrogen (secondary N) is 1. The Kier molecular flexibility index (Phi) is 4.91. The summed E-state index contributed by atoms with van der Waals surface area (Å²) in [5.74, 6) is -11.1. The first-order valence-electron chi connectivity index (χ1n) is 6.46. The number of rotatable bonds is 3. The van der Waals surface area contributed by atoms with Crippen LogP contribution in [0.4, 0.5) is 36.4 Å². The third kappa shape index (κ3) is 3.52. The smallest absolute Gasteiger partial charge is 0.422 e. The third-order valence-electron chi connectivity index (χ3n) is 3.12. The van der Waals surface area contributed by atoms with Crippen LogP contribution in [0.1, 0.15) is 15.9 Å². The van der Waals surface area contributed by atoms with Gasteiger partial charge in [0.25, 0.3) is 5.91 Å². The van der Waals surface area contributed by atoms with E-state index in [4.69, 9.17) is 4.74 Å². The van der Waals surface area contributed by atoms with Gasteiger partial charge in [0.15, 0.2) is 23.3 Å². The number of methoxy groups -OCH3 is 1. The minimum Gasteiger partial charge on any atom is -0.497 e. The Labute approximate surface area is 136 Å². The summed E-state index contributed by atoms with van der Waals surface area (Å²) in [6.07, 6.45) is -5.66. The lowest BCUT2D eigenvalue weighted by atomic mass is 10.1. The van der Waals surface area contributed by atoms with E-state index in [1.54, 1.807) is 0 Å². The van der Waals surface area contributed by atoms with Crippen molar-refractivity contribution < 1.29 is 40.3 Å². The van der Waals surface area contributed by atoms with Crippen molar-refractivity contribution in [2.45, 2.75) is 6.18 Å². The topological polar surface area (TPSA) is 38.3 Å². The van der Waals surface area contributed by atoms with E-state index in [1.807, 2.05) is 0 Å². The number of anilines is 1. The van der Waals surface area contributed by atoms with Gasteiger partial charge in [-0.05, 0) is 18.2 Å². The maximum atomic E-state index is 13.7. The normalized spacial score (nSPS) is 11.4. The molecule has 0 aliphatic heterocycles. The molecule has 0 bridgehead atoms. The lowest BCUT2D eigenvalue weighted by Crippen LogP contribution is -2.20. The van der Waals surface area contributed by atoms with Gasteiger partial charge in [0.2, 0.25) is 0 Å². The maximum Gasteiger partial charge on any atom is 0.422 e. The quantitative estimate of drug-likeness (QED) is 0.640. The van der Waals surface area contributed by atoms with Crippen LogP contribution in [0.2, 0.25) is 0 Å². The Bertz CT molecular complexity index is 804. The zero-order chi connectivity index (χ0) is 18.9. The summed E-state index contributed by atoms with van der Waals surface area (Å²) < 4.78 is 96.8. The summed E-state index contributed by atoms with van der Waals surface area (Å²) in [6.45, 7) is 0. The van der Waals surface area contributed by atoms with Crippen LogP contribution in [-0.4, -0.2) is 13.0 Å². The van der Waals surface area contributed by atoms with Gasteiger partial charge >= 0.3 is 6.18 Å². The van der Waals surface area contributed by atoms with Crippen molar-refractivity contribution in [1.82, 2.24) is 0 Å². The number of halogens is 7. The zero-order valence-corrected chi connectivity index (χ0v) is 12.3. The summed E-state index contributed by atoms with van der Waals surface area (Å²) in [7, 11) is 1.27. The summed E-state index contributed by atoms with van der Waals surface area (Å²) in [6, 6.07) is 5.11. The molecule has 0 spiro atoms. The number of alkyl halides is 3. The number of hydrogen-bond donors (Lipinski definition) is 1. The number of benzene rings is 2. The molecule has 0 aromatic heterocycles. The average molecular weight is 367 g/mol. The average Bonchev–Trinajstić information content (AvgIpc) is 2.55. The van der Waals surface area contributed by atoms with Crippen molar-refractivity contribution in [2.75, 3.05) is 12.4 Å². The zero-order valence-electron chi connectivity index (χ0n) is 12.3. The molecule has 0 aliphatic carbocycles. The second-order valence-electron chi connectivity index (χ2n) is 4.69. The Balaban J connectivity index is 2.48. The molecule has 2 aromatic carbocycles. The Morgan fingerprint density at radius 2 is 1.56 bits per heavy atom. The number of carbonyl (C=O) groups excluding carboxylic acids is 1. The molecule has 10 heteroatoms. The molecule has 2 rings (SSSR count). The molecule has 0 aliphatic rings. The second kappa shape index (κ2) is 6.61. The number of amides is 1. The van der Waals surface area contributed by atoms with Gasteiger partial charge in [0, 0.05) is 5.56 Å². The fourth-order valence-electron chi connectivity index (χ4n) is 1.94.